The van der Waals surface area contributed by atoms with E-state index in [9.17, 15) is 23.4 Å². The van der Waals surface area contributed by atoms with E-state index < -0.39 is 11.7 Å². The van der Waals surface area contributed by atoms with Crippen LogP contribution < -0.4 is 5.43 Å². The van der Waals surface area contributed by atoms with E-state index in [1.807, 2.05) is 12.2 Å². The van der Waals surface area contributed by atoms with Crippen LogP contribution in [-0.2, 0) is 6.18 Å². The molecule has 0 fully saturated rings. The van der Waals surface area contributed by atoms with Crippen molar-refractivity contribution >= 4 is 5.69 Å². The van der Waals surface area contributed by atoms with Crippen LogP contribution in [0.5, 0.6) is 11.8 Å². The van der Waals surface area contributed by atoms with Gasteiger partial charge in [0.2, 0.25) is 11.8 Å². The van der Waals surface area contributed by atoms with Gasteiger partial charge in [0.05, 0.1) is 11.3 Å². The zero-order valence-electron chi connectivity index (χ0n) is 11.8. The van der Waals surface area contributed by atoms with E-state index in [4.69, 9.17) is 0 Å². The molecule has 0 amide bonds. The molecule has 2 unspecified atom stereocenters. The number of nitrogens with zero attached hydrogens (tertiary/aromatic N) is 1. The minimum Gasteiger partial charge on any atom is -0.493 e. The van der Waals surface area contributed by atoms with Crippen LogP contribution in [0.15, 0.2) is 36.4 Å². The number of anilines is 1. The van der Waals surface area contributed by atoms with Crippen molar-refractivity contribution in [1.82, 2.24) is 4.68 Å². The Morgan fingerprint density at radius 1 is 1.04 bits per heavy atom. The van der Waals surface area contributed by atoms with E-state index in [1.54, 1.807) is 0 Å². The highest BCUT2D eigenvalue weighted by Crippen LogP contribution is 2.56. The summed E-state index contributed by atoms with van der Waals surface area (Å²) in [4.78, 5) is 0. The van der Waals surface area contributed by atoms with E-state index in [0.717, 1.165) is 23.2 Å². The lowest BCUT2D eigenvalue weighted by Crippen LogP contribution is -2.11. The van der Waals surface area contributed by atoms with Gasteiger partial charge in [0.1, 0.15) is 0 Å². The van der Waals surface area contributed by atoms with Crippen LogP contribution in [0.25, 0.3) is 0 Å². The maximum Gasteiger partial charge on any atom is 0.416 e. The average molecular weight is 322 g/mol. The van der Waals surface area contributed by atoms with Gasteiger partial charge in [0.15, 0.2) is 0 Å². The molecular formula is C16H13F3N2O2. The van der Waals surface area contributed by atoms with Gasteiger partial charge >= 0.3 is 6.18 Å². The summed E-state index contributed by atoms with van der Waals surface area (Å²) in [7, 11) is 0. The monoisotopic (exact) mass is 322 g/mol. The number of hydrogen-bond donors (Lipinski definition) is 3. The molecule has 2 aliphatic rings. The largest absolute Gasteiger partial charge is 0.493 e. The molecule has 4 nitrogen and oxygen atoms in total. The predicted octanol–water partition coefficient (Wildman–Crippen LogP) is 3.93. The van der Waals surface area contributed by atoms with Crippen LogP contribution >= 0.6 is 0 Å². The second-order valence-corrected chi connectivity index (χ2v) is 5.83. The molecule has 120 valence electrons. The summed E-state index contributed by atoms with van der Waals surface area (Å²) in [5.41, 5.74) is 3.26. The molecule has 1 aromatic heterocycles. The Morgan fingerprint density at radius 2 is 1.65 bits per heavy atom. The van der Waals surface area contributed by atoms with E-state index in [2.05, 4.69) is 5.43 Å². The second-order valence-electron chi connectivity index (χ2n) is 5.83. The number of halogens is 3. The number of aromatic hydroxyl groups is 2. The lowest BCUT2D eigenvalue weighted by molar-refractivity contribution is -0.137. The van der Waals surface area contributed by atoms with E-state index >= 15 is 0 Å². The SMILES string of the molecule is Oc1c2c(c(O)n1Nc1cccc(C(F)(F)F)c1)C1C=CC2C1. The molecular weight excluding hydrogens is 309 g/mol. The first kappa shape index (κ1) is 14.0. The fraction of sp³-hybridized carbons (Fsp3) is 0.250. The Hall–Kier alpha value is -2.57. The molecule has 1 aromatic carbocycles. The Kier molecular flexibility index (Phi) is 2.73. The predicted molar refractivity (Wildman–Crippen MR) is 77.5 cm³/mol. The molecule has 7 heteroatoms. The molecule has 0 spiro atoms. The molecule has 0 radical (unpaired) electrons. The van der Waals surface area contributed by atoms with Gasteiger partial charge in [-0.3, -0.25) is 5.43 Å². The number of alkyl halides is 3. The Morgan fingerprint density at radius 3 is 2.22 bits per heavy atom. The van der Waals surface area contributed by atoms with Gasteiger partial charge in [-0.1, -0.05) is 18.2 Å². The highest BCUT2D eigenvalue weighted by molar-refractivity contribution is 5.60. The third-order valence-electron chi connectivity index (χ3n) is 4.45. The zero-order valence-corrected chi connectivity index (χ0v) is 11.8. The third kappa shape index (κ3) is 1.99. The van der Waals surface area contributed by atoms with Gasteiger partial charge in [0, 0.05) is 23.0 Å². The number of fused-ring (bicyclic) bond motifs is 5. The fourth-order valence-electron chi connectivity index (χ4n) is 3.44. The number of allylic oxidation sites excluding steroid dienone is 2. The smallest absolute Gasteiger partial charge is 0.416 e. The maximum atomic E-state index is 12.8. The quantitative estimate of drug-likeness (QED) is 0.734. The van der Waals surface area contributed by atoms with Crippen LogP contribution in [0.3, 0.4) is 0 Å². The molecule has 2 aromatic rings. The Balaban J connectivity index is 1.72. The van der Waals surface area contributed by atoms with Crippen LogP contribution in [0.4, 0.5) is 18.9 Å². The van der Waals surface area contributed by atoms with Crippen molar-refractivity contribution in [3.8, 4) is 11.8 Å². The van der Waals surface area contributed by atoms with Gasteiger partial charge < -0.3 is 10.2 Å². The first-order valence-electron chi connectivity index (χ1n) is 7.15. The van der Waals surface area contributed by atoms with Gasteiger partial charge in [-0.15, -0.1) is 0 Å². The average Bonchev–Trinajstić information content (AvgIpc) is 3.17. The number of aromatic nitrogens is 1. The molecule has 0 saturated carbocycles. The van der Waals surface area contributed by atoms with Crippen molar-refractivity contribution in [2.75, 3.05) is 5.43 Å². The highest BCUT2D eigenvalue weighted by Gasteiger charge is 2.41. The number of benzene rings is 1. The Labute approximate surface area is 129 Å². The molecule has 3 N–H and O–H groups in total. The van der Waals surface area contributed by atoms with E-state index in [-0.39, 0.29) is 29.3 Å². The van der Waals surface area contributed by atoms with Crippen LogP contribution in [0, 0.1) is 0 Å². The summed E-state index contributed by atoms with van der Waals surface area (Å²) in [5.74, 6) is -0.227. The van der Waals surface area contributed by atoms with Crippen molar-refractivity contribution in [2.45, 2.75) is 24.4 Å². The third-order valence-corrected chi connectivity index (χ3v) is 4.45. The van der Waals surface area contributed by atoms with Crippen LogP contribution in [0.2, 0.25) is 0 Å². The van der Waals surface area contributed by atoms with Crippen molar-refractivity contribution in [2.24, 2.45) is 0 Å². The van der Waals surface area contributed by atoms with Crippen molar-refractivity contribution < 1.29 is 23.4 Å². The summed E-state index contributed by atoms with van der Waals surface area (Å²) in [6.07, 6.45) is 0.307. The summed E-state index contributed by atoms with van der Waals surface area (Å²) in [5, 5.41) is 20.7. The number of hydrogen-bond acceptors (Lipinski definition) is 3. The fourth-order valence-corrected chi connectivity index (χ4v) is 3.44. The van der Waals surface area contributed by atoms with E-state index in [0.29, 0.717) is 11.1 Å². The van der Waals surface area contributed by atoms with Crippen LogP contribution in [-0.4, -0.2) is 14.9 Å². The summed E-state index contributed by atoms with van der Waals surface area (Å²) in [6.45, 7) is 0. The van der Waals surface area contributed by atoms with Crippen LogP contribution in [0.1, 0.15) is 34.9 Å². The lowest BCUT2D eigenvalue weighted by atomic mass is 10.0. The highest BCUT2D eigenvalue weighted by atomic mass is 19.4. The lowest BCUT2D eigenvalue weighted by Gasteiger charge is -2.14. The molecule has 2 bridgehead atoms. The van der Waals surface area contributed by atoms with E-state index in [1.165, 1.54) is 12.1 Å². The van der Waals surface area contributed by atoms with Gasteiger partial charge in [-0.05, 0) is 24.6 Å². The number of rotatable bonds is 2. The van der Waals surface area contributed by atoms with Crippen molar-refractivity contribution in [3.63, 3.8) is 0 Å². The summed E-state index contributed by atoms with van der Waals surface area (Å²) in [6, 6.07) is 4.59. The van der Waals surface area contributed by atoms with Crippen molar-refractivity contribution in [1.29, 1.82) is 0 Å². The molecule has 0 saturated heterocycles. The molecule has 4 rings (SSSR count). The topological polar surface area (TPSA) is 57.4 Å². The molecule has 0 aliphatic heterocycles. The van der Waals surface area contributed by atoms with Gasteiger partial charge in [-0.25, -0.2) is 0 Å². The Bertz CT molecular complexity index is 788. The summed E-state index contributed by atoms with van der Waals surface area (Å²) >= 11 is 0. The number of nitrogens with one attached hydrogen (secondary N) is 1. The minimum absolute atomic E-state index is 0.0467. The first-order chi connectivity index (χ1) is 10.9. The molecule has 2 aliphatic carbocycles. The molecule has 1 heterocycles. The minimum atomic E-state index is -4.46. The summed E-state index contributed by atoms with van der Waals surface area (Å²) < 4.78 is 39.3. The second kappa shape index (κ2) is 4.47. The van der Waals surface area contributed by atoms with Gasteiger partial charge in [0.25, 0.3) is 0 Å². The zero-order chi connectivity index (χ0) is 16.4. The maximum absolute atomic E-state index is 12.8. The van der Waals surface area contributed by atoms with Crippen molar-refractivity contribution in [3.05, 3.63) is 53.1 Å². The normalized spacial score (nSPS) is 21.7. The standard InChI is InChI=1S/C16H13F3N2O2/c17-16(18,19)10-2-1-3-11(7-10)20-21-14(22)12-8-4-5-9(6-8)13(12)15(21)23/h1-5,7-9,20,22-23H,6H2. The molecule has 2 atom stereocenters. The first-order valence-corrected chi connectivity index (χ1v) is 7.15. The molecule has 23 heavy (non-hydrogen) atoms. The van der Waals surface area contributed by atoms with Gasteiger partial charge in [-0.2, -0.15) is 17.8 Å².